The Bertz CT molecular complexity index is 329. The summed E-state index contributed by atoms with van der Waals surface area (Å²) in [6, 6.07) is 0. The van der Waals surface area contributed by atoms with Crippen LogP contribution in [0.1, 0.15) is 12.8 Å². The Kier molecular flexibility index (Phi) is 4.48. The molecule has 1 aliphatic rings. The van der Waals surface area contributed by atoms with Gasteiger partial charge in [-0.2, -0.15) is 0 Å². The summed E-state index contributed by atoms with van der Waals surface area (Å²) < 4.78 is 4.50. The summed E-state index contributed by atoms with van der Waals surface area (Å²) in [7, 11) is 4.63. The number of carbonyl (C=O) groups is 3. The Morgan fingerprint density at radius 1 is 1.53 bits per heavy atom. The van der Waals surface area contributed by atoms with E-state index in [0.29, 0.717) is 13.1 Å². The standard InChI is InChI=1S/C11H18N2O4/c1-12(5-4-10(15)17-3)11(16)8-6-9(14)13(2)7-8/h8H,4-7H2,1-3H3. The van der Waals surface area contributed by atoms with Gasteiger partial charge < -0.3 is 14.5 Å². The van der Waals surface area contributed by atoms with E-state index >= 15 is 0 Å². The number of amides is 2. The lowest BCUT2D eigenvalue weighted by Gasteiger charge is -2.20. The largest absolute Gasteiger partial charge is 0.469 e. The molecule has 0 N–H and O–H groups in total. The van der Waals surface area contributed by atoms with Crippen molar-refractivity contribution in [3.63, 3.8) is 0 Å². The van der Waals surface area contributed by atoms with Gasteiger partial charge in [0.05, 0.1) is 19.4 Å². The van der Waals surface area contributed by atoms with Gasteiger partial charge in [0, 0.05) is 33.6 Å². The fraction of sp³-hybridized carbons (Fsp3) is 0.727. The molecule has 1 saturated heterocycles. The third-order valence-corrected chi connectivity index (χ3v) is 2.95. The van der Waals surface area contributed by atoms with Gasteiger partial charge in [0.1, 0.15) is 0 Å². The summed E-state index contributed by atoms with van der Waals surface area (Å²) in [4.78, 5) is 37.2. The number of ether oxygens (including phenoxy) is 1. The van der Waals surface area contributed by atoms with Crippen LogP contribution in [0.3, 0.4) is 0 Å². The van der Waals surface area contributed by atoms with Crippen molar-refractivity contribution in [1.29, 1.82) is 0 Å². The number of carbonyl (C=O) groups excluding carboxylic acids is 3. The fourth-order valence-corrected chi connectivity index (χ4v) is 1.81. The van der Waals surface area contributed by atoms with Crippen LogP contribution in [0.15, 0.2) is 0 Å². The predicted octanol–water partition coefficient (Wildman–Crippen LogP) is -0.514. The molecule has 96 valence electrons. The average molecular weight is 242 g/mol. The summed E-state index contributed by atoms with van der Waals surface area (Å²) in [5.74, 6) is -0.726. The molecule has 1 rings (SSSR count). The van der Waals surface area contributed by atoms with Crippen LogP contribution in [-0.2, 0) is 19.1 Å². The van der Waals surface area contributed by atoms with Gasteiger partial charge in [-0.15, -0.1) is 0 Å². The minimum absolute atomic E-state index is 0.00952. The molecule has 0 saturated carbocycles. The smallest absolute Gasteiger partial charge is 0.307 e. The Morgan fingerprint density at radius 3 is 2.65 bits per heavy atom. The van der Waals surface area contributed by atoms with Crippen LogP contribution >= 0.6 is 0 Å². The number of likely N-dealkylation sites (tertiary alicyclic amines) is 1. The van der Waals surface area contributed by atoms with Gasteiger partial charge in [0.25, 0.3) is 0 Å². The molecule has 1 heterocycles. The van der Waals surface area contributed by atoms with Gasteiger partial charge in [-0.3, -0.25) is 14.4 Å². The molecule has 0 spiro atoms. The van der Waals surface area contributed by atoms with E-state index in [0.717, 1.165) is 0 Å². The van der Waals surface area contributed by atoms with Gasteiger partial charge in [-0.05, 0) is 0 Å². The number of hydrogen-bond acceptors (Lipinski definition) is 4. The molecule has 0 aromatic heterocycles. The molecule has 1 aliphatic heterocycles. The second-order valence-corrected chi connectivity index (χ2v) is 4.26. The lowest BCUT2D eigenvalue weighted by Crippen LogP contribution is -2.35. The van der Waals surface area contributed by atoms with Crippen molar-refractivity contribution in [2.75, 3.05) is 34.3 Å². The lowest BCUT2D eigenvalue weighted by atomic mass is 10.1. The van der Waals surface area contributed by atoms with E-state index in [9.17, 15) is 14.4 Å². The average Bonchev–Trinajstić information content (AvgIpc) is 2.65. The fourth-order valence-electron chi connectivity index (χ4n) is 1.81. The number of rotatable bonds is 4. The summed E-state index contributed by atoms with van der Waals surface area (Å²) in [6.45, 7) is 0.778. The summed E-state index contributed by atoms with van der Waals surface area (Å²) in [5.41, 5.74) is 0. The van der Waals surface area contributed by atoms with Crippen LogP contribution in [0.25, 0.3) is 0 Å². The minimum atomic E-state index is -0.343. The monoisotopic (exact) mass is 242 g/mol. The number of nitrogens with zero attached hydrogens (tertiary/aromatic N) is 2. The van der Waals surface area contributed by atoms with Crippen molar-refractivity contribution >= 4 is 17.8 Å². The second kappa shape index (κ2) is 5.65. The van der Waals surface area contributed by atoms with Gasteiger partial charge in [0.15, 0.2) is 0 Å². The van der Waals surface area contributed by atoms with Gasteiger partial charge in [0.2, 0.25) is 11.8 Å². The third kappa shape index (κ3) is 3.44. The Hall–Kier alpha value is -1.59. The summed E-state index contributed by atoms with van der Waals surface area (Å²) in [6.07, 6.45) is 0.438. The zero-order chi connectivity index (χ0) is 13.0. The molecule has 6 nitrogen and oxygen atoms in total. The van der Waals surface area contributed by atoms with Crippen LogP contribution in [0.4, 0.5) is 0 Å². The van der Waals surface area contributed by atoms with E-state index in [-0.39, 0.29) is 36.5 Å². The molecular formula is C11H18N2O4. The van der Waals surface area contributed by atoms with Crippen LogP contribution in [0.5, 0.6) is 0 Å². The zero-order valence-corrected chi connectivity index (χ0v) is 10.4. The van der Waals surface area contributed by atoms with Gasteiger partial charge in [-0.25, -0.2) is 0 Å². The van der Waals surface area contributed by atoms with E-state index in [1.807, 2.05) is 0 Å². The van der Waals surface area contributed by atoms with Crippen molar-refractivity contribution < 1.29 is 19.1 Å². The molecular weight excluding hydrogens is 224 g/mol. The molecule has 0 bridgehead atoms. The summed E-state index contributed by atoms with van der Waals surface area (Å²) in [5, 5.41) is 0. The van der Waals surface area contributed by atoms with Crippen LogP contribution in [-0.4, -0.2) is 61.9 Å². The van der Waals surface area contributed by atoms with Crippen molar-refractivity contribution in [2.24, 2.45) is 5.92 Å². The second-order valence-electron chi connectivity index (χ2n) is 4.26. The maximum Gasteiger partial charge on any atom is 0.307 e. The molecule has 0 aliphatic carbocycles. The van der Waals surface area contributed by atoms with E-state index in [1.54, 1.807) is 19.0 Å². The molecule has 2 amide bonds. The molecule has 0 aromatic rings. The van der Waals surface area contributed by atoms with Crippen LogP contribution in [0, 0.1) is 5.92 Å². The Labute approximate surface area is 101 Å². The maximum atomic E-state index is 11.9. The highest BCUT2D eigenvalue weighted by Gasteiger charge is 2.33. The van der Waals surface area contributed by atoms with Crippen molar-refractivity contribution in [3.05, 3.63) is 0 Å². The normalized spacial score (nSPS) is 19.4. The quantitative estimate of drug-likeness (QED) is 0.622. The first-order valence-corrected chi connectivity index (χ1v) is 5.51. The maximum absolute atomic E-state index is 11.9. The lowest BCUT2D eigenvalue weighted by molar-refractivity contribution is -0.142. The van der Waals surface area contributed by atoms with Crippen molar-refractivity contribution in [2.45, 2.75) is 12.8 Å². The van der Waals surface area contributed by atoms with Crippen molar-refractivity contribution in [1.82, 2.24) is 9.80 Å². The number of hydrogen-bond donors (Lipinski definition) is 0. The van der Waals surface area contributed by atoms with Gasteiger partial charge >= 0.3 is 5.97 Å². The minimum Gasteiger partial charge on any atom is -0.469 e. The highest BCUT2D eigenvalue weighted by atomic mass is 16.5. The predicted molar refractivity (Wildman–Crippen MR) is 60.0 cm³/mol. The first kappa shape index (κ1) is 13.5. The number of methoxy groups -OCH3 is 1. The Balaban J connectivity index is 2.42. The van der Waals surface area contributed by atoms with E-state index in [1.165, 1.54) is 12.0 Å². The topological polar surface area (TPSA) is 66.9 Å². The third-order valence-electron chi connectivity index (χ3n) is 2.95. The first-order valence-electron chi connectivity index (χ1n) is 5.51. The Morgan fingerprint density at radius 2 is 2.18 bits per heavy atom. The number of esters is 1. The highest BCUT2D eigenvalue weighted by Crippen LogP contribution is 2.18. The molecule has 1 atom stereocenters. The molecule has 0 radical (unpaired) electrons. The summed E-state index contributed by atoms with van der Waals surface area (Å²) >= 11 is 0. The van der Waals surface area contributed by atoms with Crippen LogP contribution in [0.2, 0.25) is 0 Å². The molecule has 1 fully saturated rings. The molecule has 6 heteroatoms. The van der Waals surface area contributed by atoms with Gasteiger partial charge in [-0.1, -0.05) is 0 Å². The van der Waals surface area contributed by atoms with E-state index in [2.05, 4.69) is 4.74 Å². The van der Waals surface area contributed by atoms with Crippen LogP contribution < -0.4 is 0 Å². The molecule has 0 aromatic carbocycles. The molecule has 17 heavy (non-hydrogen) atoms. The van der Waals surface area contributed by atoms with E-state index < -0.39 is 0 Å². The molecule has 1 unspecified atom stereocenters. The first-order chi connectivity index (χ1) is 7.95. The highest BCUT2D eigenvalue weighted by molar-refractivity contribution is 5.89. The SMILES string of the molecule is COC(=O)CCN(C)C(=O)C1CC(=O)N(C)C1. The van der Waals surface area contributed by atoms with Crippen molar-refractivity contribution in [3.8, 4) is 0 Å². The van der Waals surface area contributed by atoms with E-state index in [4.69, 9.17) is 0 Å². The zero-order valence-electron chi connectivity index (χ0n) is 10.4.